The fourth-order valence-electron chi connectivity index (χ4n) is 3.05. The molecule has 2 atom stereocenters. The molecule has 2 N–H and O–H groups in total. The van der Waals surface area contributed by atoms with Gasteiger partial charge in [-0.25, -0.2) is 4.79 Å². The summed E-state index contributed by atoms with van der Waals surface area (Å²) in [5.74, 6) is -0.432. The molecule has 0 radical (unpaired) electrons. The molecule has 0 heterocycles. The number of carboxylic acid groups (broad SMARTS) is 1. The Kier molecular flexibility index (Phi) is 7.64. The maximum Gasteiger partial charge on any atom is 0.336 e. The lowest BCUT2D eigenvalue weighted by Crippen LogP contribution is -2.25. The predicted octanol–water partition coefficient (Wildman–Crippen LogP) is 4.97. The van der Waals surface area contributed by atoms with Crippen molar-refractivity contribution in [2.24, 2.45) is 5.92 Å². The van der Waals surface area contributed by atoms with Crippen molar-refractivity contribution in [2.75, 3.05) is 0 Å². The lowest BCUT2D eigenvalue weighted by atomic mass is 9.91. The fourth-order valence-corrected chi connectivity index (χ4v) is 3.05. The lowest BCUT2D eigenvalue weighted by Gasteiger charge is -2.23. The first kappa shape index (κ1) is 19.2. The second kappa shape index (κ2) is 9.97. The zero-order valence-electron chi connectivity index (χ0n) is 14.9. The molecule has 0 amide bonds. The summed E-state index contributed by atoms with van der Waals surface area (Å²) in [4.78, 5) is 17.3. The number of hydroxylamine groups is 1. The quantitative estimate of drug-likeness (QED) is 0.599. The molecule has 4 nitrogen and oxygen atoms in total. The summed E-state index contributed by atoms with van der Waals surface area (Å²) in [5, 5.41) is 9.49. The Morgan fingerprint density at radius 2 is 1.80 bits per heavy atom. The van der Waals surface area contributed by atoms with Crippen LogP contribution in [0.1, 0.15) is 60.6 Å². The first-order chi connectivity index (χ1) is 12.1. The smallest absolute Gasteiger partial charge is 0.336 e. The van der Waals surface area contributed by atoms with Crippen molar-refractivity contribution in [3.05, 3.63) is 71.3 Å². The molecule has 0 aliphatic carbocycles. The van der Waals surface area contributed by atoms with Crippen molar-refractivity contribution in [3.63, 3.8) is 0 Å². The minimum absolute atomic E-state index is 0.155. The molecule has 2 aromatic rings. The largest absolute Gasteiger partial charge is 0.478 e. The fraction of sp³-hybridized carbons (Fsp3) is 0.381. The maximum atomic E-state index is 11.6. The molecule has 2 aromatic carbocycles. The number of benzene rings is 2. The van der Waals surface area contributed by atoms with Crippen LogP contribution in [0, 0.1) is 5.92 Å². The molecule has 25 heavy (non-hydrogen) atoms. The van der Waals surface area contributed by atoms with Gasteiger partial charge in [-0.15, -0.1) is 0 Å². The highest BCUT2D eigenvalue weighted by molar-refractivity contribution is 5.89. The van der Waals surface area contributed by atoms with E-state index in [9.17, 15) is 9.90 Å². The van der Waals surface area contributed by atoms with Gasteiger partial charge in [0.05, 0.1) is 18.2 Å². The highest BCUT2D eigenvalue weighted by atomic mass is 16.6. The summed E-state index contributed by atoms with van der Waals surface area (Å²) in [5.41, 5.74) is 5.27. The molecular formula is C21H27NO3. The van der Waals surface area contributed by atoms with Crippen LogP contribution in [0.4, 0.5) is 0 Å². The van der Waals surface area contributed by atoms with Crippen LogP contribution in [-0.2, 0) is 11.4 Å². The van der Waals surface area contributed by atoms with Crippen molar-refractivity contribution in [2.45, 2.75) is 45.8 Å². The van der Waals surface area contributed by atoms with E-state index in [4.69, 9.17) is 4.84 Å². The van der Waals surface area contributed by atoms with Crippen LogP contribution in [0.2, 0.25) is 0 Å². The van der Waals surface area contributed by atoms with Crippen LogP contribution < -0.4 is 5.48 Å². The molecule has 4 heteroatoms. The van der Waals surface area contributed by atoms with Gasteiger partial charge in [0.15, 0.2) is 0 Å². The molecule has 0 fully saturated rings. The molecule has 134 valence electrons. The van der Waals surface area contributed by atoms with E-state index in [1.165, 1.54) is 0 Å². The molecule has 2 rings (SSSR count). The second-order valence-electron chi connectivity index (χ2n) is 6.47. The second-order valence-corrected chi connectivity index (χ2v) is 6.47. The summed E-state index contributed by atoms with van der Waals surface area (Å²) in [6.45, 7) is 4.80. The molecule has 0 bridgehead atoms. The molecule has 0 aliphatic rings. The molecule has 0 aliphatic heterocycles. The predicted molar refractivity (Wildman–Crippen MR) is 99.2 cm³/mol. The van der Waals surface area contributed by atoms with Gasteiger partial charge in [-0.3, -0.25) is 4.84 Å². The van der Waals surface area contributed by atoms with Crippen LogP contribution in [-0.4, -0.2) is 11.1 Å². The van der Waals surface area contributed by atoms with Crippen LogP contribution in [0.3, 0.4) is 0 Å². The molecule has 0 spiro atoms. The number of rotatable bonds is 10. The standard InChI is InChI=1S/C21H27NO3/c1-3-9-16(2)14-20(18-12-7-8-13-19(18)21(23)24)22-25-15-17-10-5-4-6-11-17/h4-8,10-13,16,20,22H,3,9,14-15H2,1-2H3,(H,23,24). The SMILES string of the molecule is CCCC(C)CC(NOCc1ccccc1)c1ccccc1C(=O)O. The Morgan fingerprint density at radius 3 is 2.48 bits per heavy atom. The number of hydrogen-bond donors (Lipinski definition) is 2. The molecule has 0 aromatic heterocycles. The van der Waals surface area contributed by atoms with E-state index in [1.807, 2.05) is 42.5 Å². The van der Waals surface area contributed by atoms with Crippen LogP contribution in [0.5, 0.6) is 0 Å². The van der Waals surface area contributed by atoms with E-state index in [0.29, 0.717) is 18.1 Å². The monoisotopic (exact) mass is 341 g/mol. The van der Waals surface area contributed by atoms with Gasteiger partial charge in [0.25, 0.3) is 0 Å². The Morgan fingerprint density at radius 1 is 1.12 bits per heavy atom. The van der Waals surface area contributed by atoms with Crippen LogP contribution in [0.15, 0.2) is 54.6 Å². The summed E-state index contributed by atoms with van der Waals surface area (Å²) >= 11 is 0. The average Bonchev–Trinajstić information content (AvgIpc) is 2.62. The minimum atomic E-state index is -0.909. The number of hydrogen-bond acceptors (Lipinski definition) is 3. The van der Waals surface area contributed by atoms with Crippen LogP contribution in [0.25, 0.3) is 0 Å². The van der Waals surface area contributed by atoms with Gasteiger partial charge in [-0.2, -0.15) is 5.48 Å². The molecular weight excluding hydrogens is 314 g/mol. The molecule has 0 saturated carbocycles. The topological polar surface area (TPSA) is 58.6 Å². The van der Waals surface area contributed by atoms with E-state index in [1.54, 1.807) is 12.1 Å². The summed E-state index contributed by atoms with van der Waals surface area (Å²) in [6, 6.07) is 16.9. The van der Waals surface area contributed by atoms with Gasteiger partial charge in [0.2, 0.25) is 0 Å². The minimum Gasteiger partial charge on any atom is -0.478 e. The Balaban J connectivity index is 2.11. The number of nitrogens with one attached hydrogen (secondary N) is 1. The molecule has 2 unspecified atom stereocenters. The van der Waals surface area contributed by atoms with Crippen molar-refractivity contribution < 1.29 is 14.7 Å². The van der Waals surface area contributed by atoms with Crippen molar-refractivity contribution in [1.82, 2.24) is 5.48 Å². The third kappa shape index (κ3) is 6.00. The van der Waals surface area contributed by atoms with Gasteiger partial charge in [0, 0.05) is 0 Å². The molecule has 0 saturated heterocycles. The van der Waals surface area contributed by atoms with E-state index in [2.05, 4.69) is 19.3 Å². The van der Waals surface area contributed by atoms with Crippen molar-refractivity contribution in [1.29, 1.82) is 0 Å². The van der Waals surface area contributed by atoms with E-state index in [0.717, 1.165) is 30.4 Å². The van der Waals surface area contributed by atoms with Gasteiger partial charge >= 0.3 is 5.97 Å². The van der Waals surface area contributed by atoms with E-state index < -0.39 is 5.97 Å². The average molecular weight is 341 g/mol. The zero-order chi connectivity index (χ0) is 18.1. The Bertz CT molecular complexity index is 657. The summed E-state index contributed by atoms with van der Waals surface area (Å²) in [7, 11) is 0. The van der Waals surface area contributed by atoms with E-state index in [-0.39, 0.29) is 6.04 Å². The van der Waals surface area contributed by atoms with Gasteiger partial charge in [-0.1, -0.05) is 75.2 Å². The van der Waals surface area contributed by atoms with Gasteiger partial charge in [0.1, 0.15) is 0 Å². The number of aromatic carboxylic acids is 1. The Labute approximate surface area is 149 Å². The third-order valence-electron chi connectivity index (χ3n) is 4.29. The first-order valence-electron chi connectivity index (χ1n) is 8.85. The van der Waals surface area contributed by atoms with Crippen LogP contribution >= 0.6 is 0 Å². The summed E-state index contributed by atoms with van der Waals surface area (Å²) < 4.78 is 0. The maximum absolute atomic E-state index is 11.6. The number of carboxylic acids is 1. The highest BCUT2D eigenvalue weighted by Crippen LogP contribution is 2.27. The number of carbonyl (C=O) groups is 1. The lowest BCUT2D eigenvalue weighted by molar-refractivity contribution is -0.00269. The van der Waals surface area contributed by atoms with E-state index >= 15 is 0 Å². The Hall–Kier alpha value is -2.17. The normalized spacial score (nSPS) is 13.4. The van der Waals surface area contributed by atoms with Gasteiger partial charge < -0.3 is 5.11 Å². The third-order valence-corrected chi connectivity index (χ3v) is 4.29. The zero-order valence-corrected chi connectivity index (χ0v) is 14.9. The van der Waals surface area contributed by atoms with Crippen molar-refractivity contribution >= 4 is 5.97 Å². The van der Waals surface area contributed by atoms with Crippen molar-refractivity contribution in [3.8, 4) is 0 Å². The first-order valence-corrected chi connectivity index (χ1v) is 8.85. The van der Waals surface area contributed by atoms with Gasteiger partial charge in [-0.05, 0) is 29.5 Å². The summed E-state index contributed by atoms with van der Waals surface area (Å²) in [6.07, 6.45) is 3.04. The highest BCUT2D eigenvalue weighted by Gasteiger charge is 2.21.